The highest BCUT2D eigenvalue weighted by atomic mass is 15.1. The molecule has 0 radical (unpaired) electrons. The molecule has 0 aliphatic heterocycles. The predicted octanol–water partition coefficient (Wildman–Crippen LogP) is 15.9. The van der Waals surface area contributed by atoms with Crippen molar-refractivity contribution in [2.24, 2.45) is 0 Å². The van der Waals surface area contributed by atoms with E-state index in [1.807, 2.05) is 0 Å². The highest BCUT2D eigenvalue weighted by Crippen LogP contribution is 2.47. The topological polar surface area (TPSA) is 3.24 Å². The maximum absolute atomic E-state index is 2.44. The number of fused-ring (bicyclic) bond motifs is 7. The fourth-order valence-corrected chi connectivity index (χ4v) is 8.90. The molecule has 0 atom stereocenters. The summed E-state index contributed by atoms with van der Waals surface area (Å²) in [4.78, 5) is 2.44. The van der Waals surface area contributed by atoms with Crippen LogP contribution in [-0.4, -0.2) is 0 Å². The number of nitrogens with zero attached hydrogens (tertiary/aromatic N) is 1. The number of rotatable bonds is 6. The summed E-state index contributed by atoms with van der Waals surface area (Å²) in [6.07, 6.45) is 0. The third kappa shape index (κ3) is 5.72. The molecular formula is C56H37N. The van der Waals surface area contributed by atoms with Gasteiger partial charge in [-0.15, -0.1) is 0 Å². The SMILES string of the molecule is c1ccc(-c2ccc3cc(N(c4ccc5c(ccc6ccccc65)c4)c4ccc5c(c4)c(-c4ccccc4)c(-c4ccccc4)c4ccccc45)ccc3c2)cc1. The fraction of sp³-hybridized carbons (Fsp3) is 0. The van der Waals surface area contributed by atoms with E-state index in [-0.39, 0.29) is 0 Å². The lowest BCUT2D eigenvalue weighted by atomic mass is 9.85. The predicted molar refractivity (Wildman–Crippen MR) is 245 cm³/mol. The van der Waals surface area contributed by atoms with Gasteiger partial charge in [-0.25, -0.2) is 0 Å². The molecule has 0 aromatic heterocycles. The molecule has 57 heavy (non-hydrogen) atoms. The van der Waals surface area contributed by atoms with Gasteiger partial charge < -0.3 is 4.90 Å². The molecule has 0 aliphatic rings. The molecule has 1 nitrogen and oxygen atoms in total. The molecule has 0 spiro atoms. The first-order chi connectivity index (χ1) is 28.3. The molecule has 0 saturated carbocycles. The van der Waals surface area contributed by atoms with Gasteiger partial charge in [0, 0.05) is 17.1 Å². The van der Waals surface area contributed by atoms with Crippen molar-refractivity contribution < 1.29 is 0 Å². The van der Waals surface area contributed by atoms with Crippen molar-refractivity contribution >= 4 is 70.9 Å². The first-order valence-corrected chi connectivity index (χ1v) is 19.7. The van der Waals surface area contributed by atoms with E-state index < -0.39 is 0 Å². The van der Waals surface area contributed by atoms with Crippen LogP contribution in [0.5, 0.6) is 0 Å². The first-order valence-electron chi connectivity index (χ1n) is 19.7. The Kier molecular flexibility index (Phi) is 7.89. The number of hydrogen-bond acceptors (Lipinski definition) is 1. The molecule has 0 fully saturated rings. The zero-order valence-corrected chi connectivity index (χ0v) is 31.3. The Bertz CT molecular complexity index is 3280. The summed E-state index contributed by atoms with van der Waals surface area (Å²) in [5.41, 5.74) is 10.7. The normalized spacial score (nSPS) is 11.5. The van der Waals surface area contributed by atoms with Crippen molar-refractivity contribution in [3.63, 3.8) is 0 Å². The monoisotopic (exact) mass is 723 g/mol. The minimum atomic E-state index is 1.11. The van der Waals surface area contributed by atoms with Crippen molar-refractivity contribution in [1.29, 1.82) is 0 Å². The molecule has 11 aromatic rings. The van der Waals surface area contributed by atoms with Gasteiger partial charge in [0.05, 0.1) is 0 Å². The van der Waals surface area contributed by atoms with Gasteiger partial charge in [-0.05, 0) is 130 Å². The van der Waals surface area contributed by atoms with Gasteiger partial charge in [0.1, 0.15) is 0 Å². The lowest BCUT2D eigenvalue weighted by Gasteiger charge is -2.27. The number of hydrogen-bond donors (Lipinski definition) is 0. The zero-order chi connectivity index (χ0) is 37.7. The lowest BCUT2D eigenvalue weighted by molar-refractivity contribution is 1.30. The van der Waals surface area contributed by atoms with Crippen LogP contribution in [0.2, 0.25) is 0 Å². The Morgan fingerprint density at radius 1 is 0.211 bits per heavy atom. The van der Waals surface area contributed by atoms with Gasteiger partial charge in [0.25, 0.3) is 0 Å². The quantitative estimate of drug-likeness (QED) is 0.154. The lowest BCUT2D eigenvalue weighted by Crippen LogP contribution is -2.10. The van der Waals surface area contributed by atoms with E-state index in [0.717, 1.165) is 17.1 Å². The highest BCUT2D eigenvalue weighted by molar-refractivity contribution is 6.22. The van der Waals surface area contributed by atoms with Gasteiger partial charge in [-0.1, -0.05) is 182 Å². The molecule has 0 unspecified atom stereocenters. The van der Waals surface area contributed by atoms with Crippen LogP contribution in [0.1, 0.15) is 0 Å². The Balaban J connectivity index is 1.18. The maximum Gasteiger partial charge on any atom is 0.0468 e. The van der Waals surface area contributed by atoms with Crippen LogP contribution < -0.4 is 4.90 Å². The molecule has 11 rings (SSSR count). The van der Waals surface area contributed by atoms with Crippen molar-refractivity contribution in [3.05, 3.63) is 224 Å². The van der Waals surface area contributed by atoms with Gasteiger partial charge in [-0.2, -0.15) is 0 Å². The summed E-state index contributed by atoms with van der Waals surface area (Å²) in [6.45, 7) is 0. The molecule has 11 aromatic carbocycles. The second-order valence-electron chi connectivity index (χ2n) is 14.9. The van der Waals surface area contributed by atoms with E-state index >= 15 is 0 Å². The summed E-state index contributed by atoms with van der Waals surface area (Å²) in [5, 5.41) is 12.4. The van der Waals surface area contributed by atoms with E-state index in [9.17, 15) is 0 Å². The highest BCUT2D eigenvalue weighted by Gasteiger charge is 2.21. The van der Waals surface area contributed by atoms with Gasteiger partial charge in [-0.3, -0.25) is 0 Å². The summed E-state index contributed by atoms with van der Waals surface area (Å²) in [6, 6.07) is 82.2. The molecule has 266 valence electrons. The summed E-state index contributed by atoms with van der Waals surface area (Å²) in [5.74, 6) is 0. The van der Waals surface area contributed by atoms with Crippen molar-refractivity contribution in [2.45, 2.75) is 0 Å². The van der Waals surface area contributed by atoms with E-state index in [0.29, 0.717) is 0 Å². The smallest absolute Gasteiger partial charge is 0.0468 e. The molecule has 0 heterocycles. The van der Waals surface area contributed by atoms with Crippen LogP contribution in [0.15, 0.2) is 224 Å². The van der Waals surface area contributed by atoms with E-state index in [1.54, 1.807) is 0 Å². The summed E-state index contributed by atoms with van der Waals surface area (Å²) < 4.78 is 0. The minimum Gasteiger partial charge on any atom is -0.310 e. The number of anilines is 3. The van der Waals surface area contributed by atoms with Crippen LogP contribution in [0.3, 0.4) is 0 Å². The van der Waals surface area contributed by atoms with Crippen LogP contribution >= 0.6 is 0 Å². The van der Waals surface area contributed by atoms with Gasteiger partial charge >= 0.3 is 0 Å². The van der Waals surface area contributed by atoms with Crippen molar-refractivity contribution in [3.8, 4) is 33.4 Å². The van der Waals surface area contributed by atoms with E-state index in [2.05, 4.69) is 229 Å². The van der Waals surface area contributed by atoms with Gasteiger partial charge in [0.15, 0.2) is 0 Å². The van der Waals surface area contributed by atoms with E-state index in [4.69, 9.17) is 0 Å². The van der Waals surface area contributed by atoms with Crippen LogP contribution in [0, 0.1) is 0 Å². The van der Waals surface area contributed by atoms with Crippen molar-refractivity contribution in [1.82, 2.24) is 0 Å². The second kappa shape index (κ2) is 13.7. The summed E-state index contributed by atoms with van der Waals surface area (Å²) >= 11 is 0. The molecule has 0 bridgehead atoms. The third-order valence-corrected chi connectivity index (χ3v) is 11.6. The van der Waals surface area contributed by atoms with Crippen molar-refractivity contribution in [2.75, 3.05) is 4.90 Å². The number of benzene rings is 11. The Morgan fingerprint density at radius 2 is 0.649 bits per heavy atom. The largest absolute Gasteiger partial charge is 0.310 e. The van der Waals surface area contributed by atoms with Gasteiger partial charge in [0.2, 0.25) is 0 Å². The van der Waals surface area contributed by atoms with Crippen LogP contribution in [-0.2, 0) is 0 Å². The molecule has 1 heteroatoms. The Hall–Kier alpha value is -7.48. The molecule has 0 saturated heterocycles. The standard InChI is InChI=1S/C56H37N/c1-4-14-38(15-5-1)42-25-26-44-35-46(29-28-43(44)34-42)57(47-30-32-50-45(36-47)27-24-39-16-10-11-21-49(39)50)48-31-33-52-51-22-12-13-23-53(51)55(40-17-6-2-7-18-40)56(54(52)37-48)41-19-8-3-9-20-41/h1-37H. The first kappa shape index (κ1) is 32.9. The van der Waals surface area contributed by atoms with Crippen LogP contribution in [0.4, 0.5) is 17.1 Å². The third-order valence-electron chi connectivity index (χ3n) is 11.6. The summed E-state index contributed by atoms with van der Waals surface area (Å²) in [7, 11) is 0. The average Bonchev–Trinajstić information content (AvgIpc) is 3.29. The Labute approximate surface area is 332 Å². The second-order valence-corrected chi connectivity index (χ2v) is 14.9. The fourth-order valence-electron chi connectivity index (χ4n) is 8.90. The minimum absolute atomic E-state index is 1.11. The molecule has 0 amide bonds. The van der Waals surface area contributed by atoms with Crippen LogP contribution in [0.25, 0.3) is 87.2 Å². The maximum atomic E-state index is 2.44. The molecule has 0 N–H and O–H groups in total. The average molecular weight is 724 g/mol. The Morgan fingerprint density at radius 3 is 1.37 bits per heavy atom. The molecular weight excluding hydrogens is 687 g/mol. The van der Waals surface area contributed by atoms with E-state index in [1.165, 1.54) is 87.2 Å². The zero-order valence-electron chi connectivity index (χ0n) is 31.3. The molecule has 0 aliphatic carbocycles.